The fourth-order valence-corrected chi connectivity index (χ4v) is 1.21. The maximum atomic E-state index is 11.5. The van der Waals surface area contributed by atoms with Gasteiger partial charge in [-0.3, -0.25) is 4.79 Å². The predicted octanol–water partition coefficient (Wildman–Crippen LogP) is 1.63. The third kappa shape index (κ3) is 3.99. The molecule has 0 fully saturated rings. The van der Waals surface area contributed by atoms with Gasteiger partial charge in [-0.15, -0.1) is 6.58 Å². The van der Waals surface area contributed by atoms with E-state index in [1.807, 2.05) is 6.07 Å². The molecule has 0 aliphatic rings. The van der Waals surface area contributed by atoms with E-state index in [4.69, 9.17) is 10.00 Å². The molecule has 0 aliphatic heterocycles. The molecular weight excluding hydrogens is 216 g/mol. The lowest BCUT2D eigenvalue weighted by molar-refractivity contribution is -0.127. The number of nitrogens with zero attached hydrogens (tertiary/aromatic N) is 1. The van der Waals surface area contributed by atoms with Gasteiger partial charge in [0.2, 0.25) is 0 Å². The van der Waals surface area contributed by atoms with Crippen LogP contribution in [0.25, 0.3) is 0 Å². The topological polar surface area (TPSA) is 62.1 Å². The van der Waals surface area contributed by atoms with Gasteiger partial charge in [0.15, 0.2) is 6.10 Å². The Labute approximate surface area is 101 Å². The molecule has 88 valence electrons. The first-order valence-electron chi connectivity index (χ1n) is 5.22. The molecule has 1 unspecified atom stereocenters. The number of carbonyl (C=O) groups is 1. The zero-order chi connectivity index (χ0) is 12.7. The third-order valence-corrected chi connectivity index (χ3v) is 2.07. The van der Waals surface area contributed by atoms with Crippen LogP contribution in [0.1, 0.15) is 12.5 Å². The quantitative estimate of drug-likeness (QED) is 0.782. The Morgan fingerprint density at radius 2 is 2.47 bits per heavy atom. The summed E-state index contributed by atoms with van der Waals surface area (Å²) >= 11 is 0. The predicted molar refractivity (Wildman–Crippen MR) is 64.5 cm³/mol. The van der Waals surface area contributed by atoms with Gasteiger partial charge >= 0.3 is 0 Å². The van der Waals surface area contributed by atoms with Gasteiger partial charge in [-0.2, -0.15) is 5.26 Å². The van der Waals surface area contributed by atoms with Crippen LogP contribution in [0.15, 0.2) is 36.9 Å². The van der Waals surface area contributed by atoms with Gasteiger partial charge < -0.3 is 10.1 Å². The number of hydrogen-bond donors (Lipinski definition) is 1. The average molecular weight is 230 g/mol. The molecule has 1 aromatic rings. The summed E-state index contributed by atoms with van der Waals surface area (Å²) in [6, 6.07) is 8.70. The number of nitrogens with one attached hydrogen (secondary N) is 1. The van der Waals surface area contributed by atoms with Gasteiger partial charge in [-0.05, 0) is 25.1 Å². The second-order valence-corrected chi connectivity index (χ2v) is 3.43. The number of rotatable bonds is 5. The van der Waals surface area contributed by atoms with Crippen LogP contribution in [0, 0.1) is 11.3 Å². The summed E-state index contributed by atoms with van der Waals surface area (Å²) in [6.07, 6.45) is 0.991. The van der Waals surface area contributed by atoms with Gasteiger partial charge in [0.05, 0.1) is 11.6 Å². The number of benzene rings is 1. The Morgan fingerprint density at radius 1 is 1.71 bits per heavy atom. The van der Waals surface area contributed by atoms with Crippen LogP contribution in [0.2, 0.25) is 0 Å². The minimum atomic E-state index is -0.608. The van der Waals surface area contributed by atoms with Crippen molar-refractivity contribution in [1.29, 1.82) is 5.26 Å². The SMILES string of the molecule is C=CCNC(=O)C(C)Oc1cccc(C#N)c1. The molecule has 0 saturated heterocycles. The van der Waals surface area contributed by atoms with Crippen molar-refractivity contribution >= 4 is 5.91 Å². The van der Waals surface area contributed by atoms with Crippen molar-refractivity contribution in [2.45, 2.75) is 13.0 Å². The van der Waals surface area contributed by atoms with Crippen molar-refractivity contribution in [2.75, 3.05) is 6.54 Å². The fourth-order valence-electron chi connectivity index (χ4n) is 1.21. The van der Waals surface area contributed by atoms with Crippen LogP contribution in [0.4, 0.5) is 0 Å². The van der Waals surface area contributed by atoms with Crippen LogP contribution in [-0.4, -0.2) is 18.6 Å². The Morgan fingerprint density at radius 3 is 3.12 bits per heavy atom. The highest BCUT2D eigenvalue weighted by atomic mass is 16.5. The maximum absolute atomic E-state index is 11.5. The molecule has 1 amide bonds. The van der Waals surface area contributed by atoms with E-state index in [0.29, 0.717) is 17.9 Å². The van der Waals surface area contributed by atoms with Crippen molar-refractivity contribution in [3.63, 3.8) is 0 Å². The minimum absolute atomic E-state index is 0.215. The molecule has 1 N–H and O–H groups in total. The summed E-state index contributed by atoms with van der Waals surface area (Å²) < 4.78 is 5.42. The van der Waals surface area contributed by atoms with E-state index >= 15 is 0 Å². The smallest absolute Gasteiger partial charge is 0.261 e. The van der Waals surface area contributed by atoms with Crippen molar-refractivity contribution in [3.8, 4) is 11.8 Å². The van der Waals surface area contributed by atoms with E-state index in [9.17, 15) is 4.79 Å². The molecule has 1 aromatic carbocycles. The molecule has 0 spiro atoms. The zero-order valence-corrected chi connectivity index (χ0v) is 9.64. The summed E-state index contributed by atoms with van der Waals surface area (Å²) in [4.78, 5) is 11.5. The van der Waals surface area contributed by atoms with Crippen LogP contribution >= 0.6 is 0 Å². The molecular formula is C13H14N2O2. The number of amides is 1. The number of ether oxygens (including phenoxy) is 1. The normalized spacial score (nSPS) is 11.1. The Bertz CT molecular complexity index is 449. The Hall–Kier alpha value is -2.28. The largest absolute Gasteiger partial charge is 0.481 e. The molecule has 0 heterocycles. The fraction of sp³-hybridized carbons (Fsp3) is 0.231. The molecule has 17 heavy (non-hydrogen) atoms. The first-order chi connectivity index (χ1) is 8.17. The molecule has 0 aliphatic carbocycles. The Balaban J connectivity index is 2.61. The zero-order valence-electron chi connectivity index (χ0n) is 9.64. The lowest BCUT2D eigenvalue weighted by Gasteiger charge is -2.14. The minimum Gasteiger partial charge on any atom is -0.481 e. The second-order valence-electron chi connectivity index (χ2n) is 3.43. The number of carbonyl (C=O) groups excluding carboxylic acids is 1. The van der Waals surface area contributed by atoms with Crippen molar-refractivity contribution in [3.05, 3.63) is 42.5 Å². The molecule has 4 nitrogen and oxygen atoms in total. The van der Waals surface area contributed by atoms with Gasteiger partial charge in [0, 0.05) is 6.54 Å². The average Bonchev–Trinajstić information content (AvgIpc) is 2.36. The van der Waals surface area contributed by atoms with Gasteiger partial charge in [-0.25, -0.2) is 0 Å². The van der Waals surface area contributed by atoms with Gasteiger partial charge in [0.25, 0.3) is 5.91 Å². The third-order valence-electron chi connectivity index (χ3n) is 2.07. The first-order valence-corrected chi connectivity index (χ1v) is 5.22. The molecule has 0 bridgehead atoms. The van der Waals surface area contributed by atoms with Crippen LogP contribution in [0.5, 0.6) is 5.75 Å². The van der Waals surface area contributed by atoms with E-state index in [-0.39, 0.29) is 5.91 Å². The maximum Gasteiger partial charge on any atom is 0.261 e. The van der Waals surface area contributed by atoms with Crippen LogP contribution in [0.3, 0.4) is 0 Å². The Kier molecular flexibility index (Phi) is 4.77. The van der Waals surface area contributed by atoms with Crippen LogP contribution in [-0.2, 0) is 4.79 Å². The molecule has 4 heteroatoms. The van der Waals surface area contributed by atoms with E-state index < -0.39 is 6.10 Å². The number of hydrogen-bond acceptors (Lipinski definition) is 3. The van der Waals surface area contributed by atoms with Crippen molar-refractivity contribution < 1.29 is 9.53 Å². The monoisotopic (exact) mass is 230 g/mol. The molecule has 1 atom stereocenters. The van der Waals surface area contributed by atoms with Crippen molar-refractivity contribution in [2.24, 2.45) is 0 Å². The summed E-state index contributed by atoms with van der Waals surface area (Å²) in [5.41, 5.74) is 0.501. The highest BCUT2D eigenvalue weighted by Gasteiger charge is 2.13. The van der Waals surface area contributed by atoms with Gasteiger partial charge in [-0.1, -0.05) is 12.1 Å². The van der Waals surface area contributed by atoms with Crippen LogP contribution < -0.4 is 10.1 Å². The molecule has 0 saturated carbocycles. The van der Waals surface area contributed by atoms with Gasteiger partial charge in [0.1, 0.15) is 5.75 Å². The lowest BCUT2D eigenvalue weighted by Crippen LogP contribution is -2.36. The summed E-state index contributed by atoms with van der Waals surface area (Å²) in [7, 11) is 0. The van der Waals surface area contributed by atoms with E-state index in [0.717, 1.165) is 0 Å². The summed E-state index contributed by atoms with van der Waals surface area (Å²) in [5, 5.41) is 11.4. The lowest BCUT2D eigenvalue weighted by atomic mass is 10.2. The summed E-state index contributed by atoms with van der Waals surface area (Å²) in [5.74, 6) is 0.289. The molecule has 0 radical (unpaired) electrons. The van der Waals surface area contributed by atoms with E-state index in [2.05, 4.69) is 11.9 Å². The molecule has 0 aromatic heterocycles. The molecule has 1 rings (SSSR count). The van der Waals surface area contributed by atoms with Crippen molar-refractivity contribution in [1.82, 2.24) is 5.32 Å². The number of nitriles is 1. The standard InChI is InChI=1S/C13H14N2O2/c1-3-7-15-13(16)10(2)17-12-6-4-5-11(8-12)9-14/h3-6,8,10H,1,7H2,2H3,(H,15,16). The second kappa shape index (κ2) is 6.33. The van der Waals surface area contributed by atoms with E-state index in [1.165, 1.54) is 0 Å². The van der Waals surface area contributed by atoms with E-state index in [1.54, 1.807) is 37.3 Å². The first kappa shape index (κ1) is 12.8. The highest BCUT2D eigenvalue weighted by molar-refractivity contribution is 5.80. The summed E-state index contributed by atoms with van der Waals surface area (Å²) in [6.45, 7) is 5.56. The highest BCUT2D eigenvalue weighted by Crippen LogP contribution is 2.14.